The lowest BCUT2D eigenvalue weighted by Gasteiger charge is -2.39. The third-order valence-electron chi connectivity index (χ3n) is 5.34. The predicted octanol–water partition coefficient (Wildman–Crippen LogP) is 4.25. The van der Waals surface area contributed by atoms with Gasteiger partial charge in [0.05, 0.1) is 25.2 Å². The minimum absolute atomic E-state index is 0.0722. The van der Waals surface area contributed by atoms with E-state index < -0.39 is 11.9 Å². The zero-order valence-electron chi connectivity index (χ0n) is 17.3. The van der Waals surface area contributed by atoms with Gasteiger partial charge in [0.25, 0.3) is 0 Å². The maximum absolute atomic E-state index is 13.2. The average molecular weight is 383 g/mol. The van der Waals surface area contributed by atoms with Crippen molar-refractivity contribution < 1.29 is 19.1 Å². The van der Waals surface area contributed by atoms with Crippen LogP contribution in [-0.2, 0) is 14.3 Å². The molecule has 0 saturated carbocycles. The molecule has 0 fully saturated rings. The summed E-state index contributed by atoms with van der Waals surface area (Å²) in [7, 11) is 1.37. The number of ether oxygens (including phenoxy) is 2. The van der Waals surface area contributed by atoms with Crippen LogP contribution in [0.5, 0.6) is 5.75 Å². The first-order valence-electron chi connectivity index (χ1n) is 9.83. The van der Waals surface area contributed by atoms with Gasteiger partial charge in [-0.1, -0.05) is 39.0 Å². The van der Waals surface area contributed by atoms with E-state index in [1.54, 1.807) is 0 Å². The second-order valence-corrected chi connectivity index (χ2v) is 8.31. The molecule has 5 heteroatoms. The van der Waals surface area contributed by atoms with Crippen LogP contribution < -0.4 is 10.1 Å². The van der Waals surface area contributed by atoms with Crippen LogP contribution in [0.2, 0.25) is 0 Å². The number of allylic oxidation sites excluding steroid dienone is 3. The highest BCUT2D eigenvalue weighted by Crippen LogP contribution is 2.48. The molecule has 1 atom stereocenters. The predicted molar refractivity (Wildman–Crippen MR) is 108 cm³/mol. The van der Waals surface area contributed by atoms with E-state index >= 15 is 0 Å². The van der Waals surface area contributed by atoms with Crippen LogP contribution in [0, 0.1) is 5.41 Å². The number of benzene rings is 1. The molecule has 0 spiro atoms. The van der Waals surface area contributed by atoms with Gasteiger partial charge in [0.15, 0.2) is 5.78 Å². The number of ketones is 1. The monoisotopic (exact) mass is 383 g/mol. The molecule has 1 heterocycles. The number of Topliss-reactive ketones (excluding diaryl/α,β-unsaturated/α-hetero) is 1. The topological polar surface area (TPSA) is 64.6 Å². The van der Waals surface area contributed by atoms with Crippen LogP contribution in [0.15, 0.2) is 46.8 Å². The molecule has 0 aromatic heterocycles. The van der Waals surface area contributed by atoms with E-state index in [4.69, 9.17) is 9.47 Å². The first-order valence-corrected chi connectivity index (χ1v) is 9.83. The Labute approximate surface area is 166 Å². The van der Waals surface area contributed by atoms with Gasteiger partial charge in [0, 0.05) is 29.0 Å². The number of nitrogens with one attached hydrogen (secondary N) is 1. The molecule has 5 nitrogen and oxygen atoms in total. The number of hydrogen-bond donors (Lipinski definition) is 1. The molecule has 0 amide bonds. The van der Waals surface area contributed by atoms with Crippen LogP contribution in [0.3, 0.4) is 0 Å². The van der Waals surface area contributed by atoms with Gasteiger partial charge in [-0.2, -0.15) is 0 Å². The summed E-state index contributed by atoms with van der Waals surface area (Å²) >= 11 is 0. The maximum Gasteiger partial charge on any atom is 0.336 e. The lowest BCUT2D eigenvalue weighted by molar-refractivity contribution is -0.136. The van der Waals surface area contributed by atoms with Crippen molar-refractivity contribution in [2.45, 2.75) is 52.9 Å². The fraction of sp³-hybridized carbons (Fsp3) is 0.478. The Morgan fingerprint density at radius 3 is 2.64 bits per heavy atom. The molecule has 0 bridgehead atoms. The zero-order chi connectivity index (χ0) is 20.5. The number of dihydropyridines is 1. The molecular weight excluding hydrogens is 354 g/mol. The summed E-state index contributed by atoms with van der Waals surface area (Å²) in [5.74, 6) is -0.136. The number of carbonyl (C=O) groups is 2. The van der Waals surface area contributed by atoms with Crippen LogP contribution in [0.4, 0.5) is 0 Å². The van der Waals surface area contributed by atoms with Gasteiger partial charge >= 0.3 is 5.97 Å². The van der Waals surface area contributed by atoms with Crippen molar-refractivity contribution >= 4 is 11.8 Å². The van der Waals surface area contributed by atoms with Gasteiger partial charge < -0.3 is 14.8 Å². The first-order chi connectivity index (χ1) is 13.3. The molecule has 1 aromatic carbocycles. The van der Waals surface area contributed by atoms with E-state index in [1.807, 2.05) is 38.1 Å². The Morgan fingerprint density at radius 1 is 1.25 bits per heavy atom. The van der Waals surface area contributed by atoms with Crippen molar-refractivity contribution in [1.29, 1.82) is 0 Å². The molecule has 0 radical (unpaired) electrons. The minimum Gasteiger partial charge on any atom is -0.493 e. The van der Waals surface area contributed by atoms with Crippen LogP contribution >= 0.6 is 0 Å². The molecule has 150 valence electrons. The molecule has 28 heavy (non-hydrogen) atoms. The fourth-order valence-corrected chi connectivity index (χ4v) is 4.19. The number of hydrogen-bond acceptors (Lipinski definition) is 5. The Hall–Kier alpha value is -2.56. The summed E-state index contributed by atoms with van der Waals surface area (Å²) in [5, 5.41) is 3.33. The highest BCUT2D eigenvalue weighted by Gasteiger charge is 2.43. The van der Waals surface area contributed by atoms with Crippen molar-refractivity contribution in [3.63, 3.8) is 0 Å². The summed E-state index contributed by atoms with van der Waals surface area (Å²) in [5.41, 5.74) is 3.49. The summed E-state index contributed by atoms with van der Waals surface area (Å²) in [4.78, 5) is 25.9. The van der Waals surface area contributed by atoms with Crippen LogP contribution in [-0.4, -0.2) is 25.5 Å². The summed E-state index contributed by atoms with van der Waals surface area (Å²) in [6, 6.07) is 7.66. The fourth-order valence-electron chi connectivity index (χ4n) is 4.19. The minimum atomic E-state index is -0.486. The normalized spacial score (nSPS) is 21.2. The number of esters is 1. The smallest absolute Gasteiger partial charge is 0.336 e. The highest BCUT2D eigenvalue weighted by molar-refractivity contribution is 6.04. The van der Waals surface area contributed by atoms with Crippen molar-refractivity contribution in [2.75, 3.05) is 13.7 Å². The molecule has 3 rings (SSSR count). The lowest BCUT2D eigenvalue weighted by Crippen LogP contribution is -2.38. The molecular formula is C23H29NO4. The molecule has 0 saturated heterocycles. The Morgan fingerprint density at radius 2 is 1.96 bits per heavy atom. The Balaban J connectivity index is 2.20. The highest BCUT2D eigenvalue weighted by atomic mass is 16.5. The molecule has 2 aliphatic rings. The largest absolute Gasteiger partial charge is 0.493 e. The Kier molecular flexibility index (Phi) is 5.64. The molecule has 1 N–H and O–H groups in total. The van der Waals surface area contributed by atoms with E-state index in [1.165, 1.54) is 7.11 Å². The van der Waals surface area contributed by atoms with Gasteiger partial charge in [-0.05, 0) is 31.2 Å². The third-order valence-corrected chi connectivity index (χ3v) is 5.34. The van der Waals surface area contributed by atoms with E-state index in [2.05, 4.69) is 19.2 Å². The standard InChI is InChI=1S/C23H29NO4/c1-6-11-28-18-10-8-7-9-15(18)20-19(22(26)27-5)14(2)24-16-12-23(3,4)13-17(25)21(16)20/h7-10,20,24H,6,11-13H2,1-5H3. The molecule has 1 unspecified atom stereocenters. The second kappa shape index (κ2) is 7.82. The van der Waals surface area contributed by atoms with Crippen LogP contribution in [0.1, 0.15) is 58.4 Å². The Bertz CT molecular complexity index is 863. The summed E-state index contributed by atoms with van der Waals surface area (Å²) in [6.07, 6.45) is 2.09. The van der Waals surface area contributed by atoms with Crippen molar-refractivity contribution in [2.24, 2.45) is 5.41 Å². The number of carbonyl (C=O) groups excluding carboxylic acids is 2. The van der Waals surface area contributed by atoms with Gasteiger partial charge in [0.2, 0.25) is 0 Å². The number of para-hydroxylation sites is 1. The van der Waals surface area contributed by atoms with E-state index in [0.29, 0.717) is 29.9 Å². The van der Waals surface area contributed by atoms with Gasteiger partial charge in [0.1, 0.15) is 5.75 Å². The van der Waals surface area contributed by atoms with Crippen molar-refractivity contribution in [3.8, 4) is 5.75 Å². The van der Waals surface area contributed by atoms with Crippen molar-refractivity contribution in [3.05, 3.63) is 52.4 Å². The second-order valence-electron chi connectivity index (χ2n) is 8.31. The number of methoxy groups -OCH3 is 1. The third kappa shape index (κ3) is 3.71. The van der Waals surface area contributed by atoms with E-state index in [-0.39, 0.29) is 11.2 Å². The summed E-state index contributed by atoms with van der Waals surface area (Å²) < 4.78 is 11.0. The SMILES string of the molecule is CCCOc1ccccc1C1C(C(=O)OC)=C(C)NC2=C1C(=O)CC(C)(C)C2. The molecule has 1 aliphatic heterocycles. The van der Waals surface area contributed by atoms with Gasteiger partial charge in [-0.3, -0.25) is 4.79 Å². The van der Waals surface area contributed by atoms with Crippen molar-refractivity contribution in [1.82, 2.24) is 5.32 Å². The molecule has 1 aliphatic carbocycles. The number of rotatable bonds is 5. The zero-order valence-corrected chi connectivity index (χ0v) is 17.3. The first kappa shape index (κ1) is 20.2. The van der Waals surface area contributed by atoms with E-state index in [9.17, 15) is 9.59 Å². The van der Waals surface area contributed by atoms with E-state index in [0.717, 1.165) is 29.8 Å². The quantitative estimate of drug-likeness (QED) is 0.770. The summed E-state index contributed by atoms with van der Waals surface area (Å²) in [6.45, 7) is 8.68. The molecule has 1 aromatic rings. The lowest BCUT2D eigenvalue weighted by atomic mass is 9.68. The average Bonchev–Trinajstić information content (AvgIpc) is 2.64. The van der Waals surface area contributed by atoms with Gasteiger partial charge in [-0.25, -0.2) is 4.79 Å². The maximum atomic E-state index is 13.2. The van der Waals surface area contributed by atoms with Gasteiger partial charge in [-0.15, -0.1) is 0 Å². The van der Waals surface area contributed by atoms with Crippen LogP contribution in [0.25, 0.3) is 0 Å².